The van der Waals surface area contributed by atoms with E-state index >= 15 is 0 Å². The highest BCUT2D eigenvalue weighted by Crippen LogP contribution is 2.39. The Balaban J connectivity index is 1.72. The first-order valence-electron chi connectivity index (χ1n) is 14.4. The number of nitrogens with one attached hydrogen (secondary N) is 2. The molecule has 0 aromatic heterocycles. The van der Waals surface area contributed by atoms with Gasteiger partial charge in [-0.05, 0) is 70.1 Å². The van der Waals surface area contributed by atoms with E-state index in [1.807, 2.05) is 6.07 Å². The van der Waals surface area contributed by atoms with Gasteiger partial charge in [-0.15, -0.1) is 0 Å². The summed E-state index contributed by atoms with van der Waals surface area (Å²) in [7, 11) is 3.59. The van der Waals surface area contributed by atoms with E-state index in [0.717, 1.165) is 30.8 Å². The Labute approximate surface area is 247 Å². The van der Waals surface area contributed by atoms with Crippen molar-refractivity contribution in [1.82, 2.24) is 4.90 Å². The van der Waals surface area contributed by atoms with Crippen LogP contribution in [0.5, 0.6) is 5.75 Å². The molecule has 2 aromatic rings. The average molecular weight is 589 g/mol. The van der Waals surface area contributed by atoms with Crippen LogP contribution < -0.4 is 20.3 Å². The van der Waals surface area contributed by atoms with E-state index in [-0.39, 0.29) is 19.2 Å². The summed E-state index contributed by atoms with van der Waals surface area (Å²) in [5.74, 6) is 6.63. The number of carbonyl (C=O) groups is 1. The van der Waals surface area contributed by atoms with Crippen LogP contribution in [0.4, 0.5) is 30.2 Å². The van der Waals surface area contributed by atoms with Crippen LogP contribution >= 0.6 is 0 Å². The van der Waals surface area contributed by atoms with Gasteiger partial charge in [0, 0.05) is 35.9 Å². The van der Waals surface area contributed by atoms with Gasteiger partial charge in [-0.2, -0.15) is 13.2 Å². The molecule has 7 nitrogen and oxygen atoms in total. The number of ether oxygens (including phenoxy) is 2. The van der Waals surface area contributed by atoms with E-state index in [1.165, 1.54) is 12.0 Å². The van der Waals surface area contributed by atoms with Crippen molar-refractivity contribution < 1.29 is 27.4 Å². The van der Waals surface area contributed by atoms with Crippen molar-refractivity contribution in [2.45, 2.75) is 58.8 Å². The highest BCUT2D eigenvalue weighted by Gasteiger charge is 2.38. The molecular formula is C32H43F3N4O3. The zero-order chi connectivity index (χ0) is 30.9. The Morgan fingerprint density at radius 2 is 1.95 bits per heavy atom. The second kappa shape index (κ2) is 15.1. The number of fused-ring (bicyclic) bond motifs is 1. The van der Waals surface area contributed by atoms with Gasteiger partial charge in [-0.1, -0.05) is 31.8 Å². The molecule has 2 atom stereocenters. The summed E-state index contributed by atoms with van der Waals surface area (Å²) < 4.78 is 51.3. The Kier molecular flexibility index (Phi) is 11.8. The minimum atomic E-state index is -4.37. The van der Waals surface area contributed by atoms with E-state index in [0.29, 0.717) is 35.0 Å². The number of halogens is 3. The fraction of sp³-hybridized carbons (Fsp3) is 0.531. The molecule has 0 amide bonds. The van der Waals surface area contributed by atoms with Crippen molar-refractivity contribution >= 4 is 23.0 Å². The molecule has 230 valence electrons. The molecule has 2 N–H and O–H groups in total. The molecule has 0 saturated carbocycles. The predicted octanol–water partition coefficient (Wildman–Crippen LogP) is 6.06. The van der Waals surface area contributed by atoms with Gasteiger partial charge in [0.05, 0.1) is 37.6 Å². The summed E-state index contributed by atoms with van der Waals surface area (Å²) in [5, 5.41) is 6.67. The van der Waals surface area contributed by atoms with Crippen molar-refractivity contribution in [2.75, 3.05) is 62.5 Å². The molecule has 10 heteroatoms. The number of hydrogen-bond acceptors (Lipinski definition) is 7. The summed E-state index contributed by atoms with van der Waals surface area (Å²) in [6.45, 7) is 9.53. The third-order valence-corrected chi connectivity index (χ3v) is 6.96. The lowest BCUT2D eigenvalue weighted by Crippen LogP contribution is -2.39. The molecule has 0 radical (unpaired) electrons. The second-order valence-electron chi connectivity index (χ2n) is 11.1. The summed E-state index contributed by atoms with van der Waals surface area (Å²) in [5.41, 5.74) is 3.24. The number of hydrogen-bond donors (Lipinski definition) is 2. The third kappa shape index (κ3) is 9.48. The molecule has 0 fully saturated rings. The van der Waals surface area contributed by atoms with Gasteiger partial charge < -0.3 is 29.9 Å². The number of anilines is 3. The number of esters is 1. The minimum Gasteiger partial charge on any atom is -0.495 e. The van der Waals surface area contributed by atoms with Crippen LogP contribution in [0.3, 0.4) is 0 Å². The van der Waals surface area contributed by atoms with Crippen molar-refractivity contribution in [1.29, 1.82) is 0 Å². The summed E-state index contributed by atoms with van der Waals surface area (Å²) >= 11 is 0. The van der Waals surface area contributed by atoms with Crippen LogP contribution in [0.25, 0.3) is 0 Å². The first-order valence-corrected chi connectivity index (χ1v) is 14.4. The van der Waals surface area contributed by atoms with Gasteiger partial charge in [-0.25, -0.2) is 4.79 Å². The maximum Gasteiger partial charge on any atom is 0.405 e. The molecule has 0 spiro atoms. The van der Waals surface area contributed by atoms with Gasteiger partial charge >= 0.3 is 12.1 Å². The van der Waals surface area contributed by atoms with E-state index in [9.17, 15) is 18.0 Å². The molecular weight excluding hydrogens is 545 g/mol. The monoisotopic (exact) mass is 588 g/mol. The third-order valence-electron chi connectivity index (χ3n) is 6.96. The SMILES string of the molecule is CCOC(=O)c1ccc(NCC#CC2Cc3c(NC(C)CCN(C)CC(C)C)cccc3N2CC(F)(F)F)c(OC)c1. The quantitative estimate of drug-likeness (QED) is 0.218. The zero-order valence-electron chi connectivity index (χ0n) is 25.4. The number of carbonyl (C=O) groups excluding carboxylic acids is 1. The van der Waals surface area contributed by atoms with Crippen molar-refractivity contribution in [3.05, 3.63) is 47.5 Å². The maximum atomic E-state index is 13.6. The van der Waals surface area contributed by atoms with E-state index in [2.05, 4.69) is 55.2 Å². The van der Waals surface area contributed by atoms with E-state index in [1.54, 1.807) is 37.3 Å². The standard InChI is InChI=1S/C32H43F3N4O3/c1-7-42-31(40)24-13-14-28(30(18-24)41-6)36-16-9-10-25-19-26-27(37-23(4)15-17-38(5)20-22(2)3)11-8-12-29(26)39(25)21-32(33,34)35/h8,11-14,18,22-23,25,36-37H,7,15-17,19-21H2,1-6H3. The molecule has 2 aromatic carbocycles. The first kappa shape index (κ1) is 32.9. The van der Waals surface area contributed by atoms with Crippen molar-refractivity contribution in [3.8, 4) is 17.6 Å². The Morgan fingerprint density at radius 3 is 2.62 bits per heavy atom. The van der Waals surface area contributed by atoms with E-state index in [4.69, 9.17) is 9.47 Å². The van der Waals surface area contributed by atoms with Gasteiger partial charge in [0.15, 0.2) is 0 Å². The summed E-state index contributed by atoms with van der Waals surface area (Å²) in [6, 6.07) is 9.89. The number of rotatable bonds is 13. The predicted molar refractivity (Wildman–Crippen MR) is 163 cm³/mol. The maximum absolute atomic E-state index is 13.6. The molecule has 0 aliphatic carbocycles. The van der Waals surface area contributed by atoms with Crippen LogP contribution in [0.2, 0.25) is 0 Å². The minimum absolute atomic E-state index is 0.154. The van der Waals surface area contributed by atoms with Crippen LogP contribution in [-0.4, -0.2) is 76.1 Å². The topological polar surface area (TPSA) is 66.1 Å². The van der Waals surface area contributed by atoms with Crippen LogP contribution in [-0.2, 0) is 11.2 Å². The van der Waals surface area contributed by atoms with Gasteiger partial charge in [0.2, 0.25) is 0 Å². The van der Waals surface area contributed by atoms with E-state index < -0.39 is 24.7 Å². The Bertz CT molecular complexity index is 1260. The van der Waals surface area contributed by atoms with Crippen molar-refractivity contribution in [2.24, 2.45) is 5.92 Å². The van der Waals surface area contributed by atoms with Crippen LogP contribution in [0.1, 0.15) is 50.0 Å². The lowest BCUT2D eigenvalue weighted by molar-refractivity contribution is -0.120. The van der Waals surface area contributed by atoms with Crippen LogP contribution in [0.15, 0.2) is 36.4 Å². The molecule has 1 heterocycles. The normalized spacial score (nSPS) is 15.2. The first-order chi connectivity index (χ1) is 19.9. The fourth-order valence-corrected chi connectivity index (χ4v) is 5.14. The van der Waals surface area contributed by atoms with Gasteiger partial charge in [0.25, 0.3) is 0 Å². The Morgan fingerprint density at radius 1 is 1.19 bits per heavy atom. The lowest BCUT2D eigenvalue weighted by atomic mass is 10.1. The van der Waals surface area contributed by atoms with Gasteiger partial charge in [-0.3, -0.25) is 0 Å². The number of benzene rings is 2. The van der Waals surface area contributed by atoms with Gasteiger partial charge in [0.1, 0.15) is 12.3 Å². The Hall–Kier alpha value is -3.58. The number of nitrogens with zero attached hydrogens (tertiary/aromatic N) is 2. The zero-order valence-corrected chi connectivity index (χ0v) is 25.4. The fourth-order valence-electron chi connectivity index (χ4n) is 5.14. The summed E-state index contributed by atoms with van der Waals surface area (Å²) in [6.07, 6.45) is -3.07. The van der Waals surface area contributed by atoms with Crippen LogP contribution in [0, 0.1) is 17.8 Å². The lowest BCUT2D eigenvalue weighted by Gasteiger charge is -2.26. The second-order valence-corrected chi connectivity index (χ2v) is 11.1. The molecule has 1 aliphatic heterocycles. The summed E-state index contributed by atoms with van der Waals surface area (Å²) in [4.78, 5) is 15.7. The number of methoxy groups -OCH3 is 1. The van der Waals surface area contributed by atoms with Crippen molar-refractivity contribution in [3.63, 3.8) is 0 Å². The average Bonchev–Trinajstić information content (AvgIpc) is 3.26. The largest absolute Gasteiger partial charge is 0.495 e. The smallest absolute Gasteiger partial charge is 0.405 e. The molecule has 42 heavy (non-hydrogen) atoms. The molecule has 1 aliphatic rings. The molecule has 3 rings (SSSR count). The highest BCUT2D eigenvalue weighted by atomic mass is 19.4. The highest BCUT2D eigenvalue weighted by molar-refractivity contribution is 5.90. The number of alkyl halides is 3. The molecule has 2 unspecified atom stereocenters. The molecule has 0 saturated heterocycles. The molecule has 0 bridgehead atoms.